The first-order chi connectivity index (χ1) is 13.5. The molecular weight excluding hydrogens is 356 g/mol. The molecule has 0 saturated carbocycles. The number of nitrogens with zero attached hydrogens (tertiary/aromatic N) is 2. The van der Waals surface area contributed by atoms with Crippen molar-refractivity contribution in [3.05, 3.63) is 54.4 Å². The number of aryl methyl sites for hydroxylation is 1. The summed E-state index contributed by atoms with van der Waals surface area (Å²) in [7, 11) is 5.11. The Bertz CT molecular complexity index is 1210. The second-order valence-electron chi connectivity index (χ2n) is 6.43. The highest BCUT2D eigenvalue weighted by molar-refractivity contribution is 6.09. The van der Waals surface area contributed by atoms with Gasteiger partial charge in [-0.05, 0) is 24.3 Å². The van der Waals surface area contributed by atoms with Crippen molar-refractivity contribution in [2.75, 3.05) is 19.5 Å². The van der Waals surface area contributed by atoms with Gasteiger partial charge in [0.25, 0.3) is 5.91 Å². The van der Waals surface area contributed by atoms with E-state index in [9.17, 15) is 4.79 Å². The van der Waals surface area contributed by atoms with Crippen LogP contribution in [0.1, 0.15) is 10.4 Å². The number of nitrogens with one attached hydrogen (secondary N) is 1. The zero-order valence-corrected chi connectivity index (χ0v) is 15.8. The number of aromatic nitrogens is 2. The molecule has 4 rings (SSSR count). The quantitative estimate of drug-likeness (QED) is 0.555. The second-order valence-corrected chi connectivity index (χ2v) is 6.43. The van der Waals surface area contributed by atoms with Crippen molar-refractivity contribution in [3.8, 4) is 11.5 Å². The topological polar surface area (TPSA) is 91.4 Å². The number of hydrogen-bond donors (Lipinski definition) is 2. The van der Waals surface area contributed by atoms with Crippen molar-refractivity contribution in [1.82, 2.24) is 9.55 Å². The zero-order chi connectivity index (χ0) is 19.8. The van der Waals surface area contributed by atoms with Gasteiger partial charge in [0.1, 0.15) is 0 Å². The molecule has 0 atom stereocenters. The average Bonchev–Trinajstić information content (AvgIpc) is 3.08. The highest BCUT2D eigenvalue weighted by Gasteiger charge is 2.17. The molecule has 0 fully saturated rings. The molecule has 4 aromatic rings. The van der Waals surface area contributed by atoms with Crippen LogP contribution < -0.4 is 20.5 Å². The van der Waals surface area contributed by atoms with Crippen LogP contribution in [-0.4, -0.2) is 29.7 Å². The molecule has 0 saturated heterocycles. The normalized spacial score (nSPS) is 11.0. The molecule has 0 unspecified atom stereocenters. The number of amides is 1. The summed E-state index contributed by atoms with van der Waals surface area (Å²) in [5.74, 6) is 0.539. The Kier molecular flexibility index (Phi) is 4.27. The summed E-state index contributed by atoms with van der Waals surface area (Å²) in [4.78, 5) is 16.5. The SMILES string of the molecule is COc1cc2ncc(C(N)=O)c(Nc3cccc4c3ccn4C)c2cc1OC. The summed E-state index contributed by atoms with van der Waals surface area (Å²) >= 11 is 0. The molecule has 0 aliphatic rings. The molecule has 0 aliphatic heterocycles. The number of hydrogen-bond acceptors (Lipinski definition) is 5. The van der Waals surface area contributed by atoms with E-state index in [-0.39, 0.29) is 0 Å². The molecular formula is C21H20N4O3. The van der Waals surface area contributed by atoms with Crippen LogP contribution in [-0.2, 0) is 7.05 Å². The Morgan fingerprint density at radius 1 is 1.11 bits per heavy atom. The van der Waals surface area contributed by atoms with Crippen LogP contribution >= 0.6 is 0 Å². The van der Waals surface area contributed by atoms with E-state index >= 15 is 0 Å². The Balaban J connectivity index is 1.97. The van der Waals surface area contributed by atoms with E-state index in [4.69, 9.17) is 15.2 Å². The van der Waals surface area contributed by atoms with E-state index in [1.807, 2.05) is 42.1 Å². The molecule has 0 radical (unpaired) electrons. The van der Waals surface area contributed by atoms with Gasteiger partial charge >= 0.3 is 0 Å². The van der Waals surface area contributed by atoms with E-state index in [1.165, 1.54) is 6.20 Å². The number of methoxy groups -OCH3 is 2. The Morgan fingerprint density at radius 3 is 2.57 bits per heavy atom. The Hall–Kier alpha value is -3.74. The maximum Gasteiger partial charge on any atom is 0.252 e. The van der Waals surface area contributed by atoms with Gasteiger partial charge in [0, 0.05) is 47.5 Å². The van der Waals surface area contributed by atoms with Gasteiger partial charge in [0.15, 0.2) is 11.5 Å². The van der Waals surface area contributed by atoms with E-state index in [2.05, 4.69) is 10.3 Å². The first-order valence-electron chi connectivity index (χ1n) is 8.69. The number of benzene rings is 2. The monoisotopic (exact) mass is 376 g/mol. The summed E-state index contributed by atoms with van der Waals surface area (Å²) in [5, 5.41) is 5.13. The van der Waals surface area contributed by atoms with Crippen LogP contribution in [0.5, 0.6) is 11.5 Å². The molecule has 142 valence electrons. The van der Waals surface area contributed by atoms with Crippen molar-refractivity contribution in [2.45, 2.75) is 0 Å². The maximum absolute atomic E-state index is 12.1. The number of rotatable bonds is 5. The predicted octanol–water partition coefficient (Wildman–Crippen LogP) is 3.59. The minimum atomic E-state index is -0.563. The average molecular weight is 376 g/mol. The van der Waals surface area contributed by atoms with Crippen LogP contribution in [0.15, 0.2) is 48.8 Å². The van der Waals surface area contributed by atoms with Crippen LogP contribution in [0.25, 0.3) is 21.8 Å². The minimum absolute atomic E-state index is 0.299. The van der Waals surface area contributed by atoms with Crippen LogP contribution in [0.3, 0.4) is 0 Å². The minimum Gasteiger partial charge on any atom is -0.493 e. The third kappa shape index (κ3) is 2.77. The number of fused-ring (bicyclic) bond motifs is 2. The van der Waals surface area contributed by atoms with Crippen molar-refractivity contribution in [1.29, 1.82) is 0 Å². The number of ether oxygens (including phenoxy) is 2. The molecule has 28 heavy (non-hydrogen) atoms. The van der Waals surface area contributed by atoms with Gasteiger partial charge in [0.05, 0.1) is 31.0 Å². The summed E-state index contributed by atoms with van der Waals surface area (Å²) in [6.45, 7) is 0. The largest absolute Gasteiger partial charge is 0.493 e. The molecule has 0 bridgehead atoms. The van der Waals surface area contributed by atoms with Crippen LogP contribution in [0.2, 0.25) is 0 Å². The first-order valence-corrected chi connectivity index (χ1v) is 8.69. The van der Waals surface area contributed by atoms with Gasteiger partial charge in [0.2, 0.25) is 0 Å². The van der Waals surface area contributed by atoms with E-state index in [0.29, 0.717) is 33.7 Å². The molecule has 2 aromatic carbocycles. The summed E-state index contributed by atoms with van der Waals surface area (Å²) < 4.78 is 12.8. The second kappa shape index (κ2) is 6.77. The van der Waals surface area contributed by atoms with Gasteiger partial charge in [-0.1, -0.05) is 6.07 Å². The maximum atomic E-state index is 12.1. The third-order valence-corrected chi connectivity index (χ3v) is 4.83. The Morgan fingerprint density at radius 2 is 1.86 bits per heavy atom. The summed E-state index contributed by atoms with van der Waals surface area (Å²) in [5.41, 5.74) is 9.09. The third-order valence-electron chi connectivity index (χ3n) is 4.83. The number of nitrogens with two attached hydrogens (primary N) is 1. The number of anilines is 2. The van der Waals surface area contributed by atoms with Gasteiger partial charge in [-0.2, -0.15) is 0 Å². The zero-order valence-electron chi connectivity index (χ0n) is 15.8. The lowest BCUT2D eigenvalue weighted by Gasteiger charge is -2.16. The van der Waals surface area contributed by atoms with Gasteiger partial charge in [-0.15, -0.1) is 0 Å². The molecule has 7 nitrogen and oxygen atoms in total. The lowest BCUT2D eigenvalue weighted by Crippen LogP contribution is -2.14. The fraction of sp³-hybridized carbons (Fsp3) is 0.143. The highest BCUT2D eigenvalue weighted by Crippen LogP contribution is 2.38. The van der Waals surface area contributed by atoms with Gasteiger partial charge in [-0.3, -0.25) is 9.78 Å². The standard InChI is InChI=1S/C21H20N4O3/c1-25-8-7-12-15(5-4-6-17(12)25)24-20-13-9-18(27-2)19(28-3)10-16(13)23-11-14(20)21(22)26/h4-11H,1-3H3,(H2,22,26)(H,23,24). The molecule has 2 heterocycles. The number of carbonyl (C=O) groups excluding carboxylic acids is 1. The van der Waals surface area contributed by atoms with Crippen molar-refractivity contribution < 1.29 is 14.3 Å². The fourth-order valence-electron chi connectivity index (χ4n) is 3.39. The fourth-order valence-corrected chi connectivity index (χ4v) is 3.39. The molecule has 3 N–H and O–H groups in total. The first kappa shape index (κ1) is 17.7. The molecule has 2 aromatic heterocycles. The number of carbonyl (C=O) groups is 1. The number of pyridine rings is 1. The van der Waals surface area contributed by atoms with Crippen LogP contribution in [0, 0.1) is 0 Å². The van der Waals surface area contributed by atoms with Crippen molar-refractivity contribution >= 4 is 39.1 Å². The lowest BCUT2D eigenvalue weighted by molar-refractivity contribution is 0.100. The number of primary amides is 1. The van der Waals surface area contributed by atoms with E-state index < -0.39 is 5.91 Å². The van der Waals surface area contributed by atoms with E-state index in [1.54, 1.807) is 26.4 Å². The van der Waals surface area contributed by atoms with Crippen molar-refractivity contribution in [3.63, 3.8) is 0 Å². The van der Waals surface area contributed by atoms with Gasteiger partial charge in [-0.25, -0.2) is 0 Å². The summed E-state index contributed by atoms with van der Waals surface area (Å²) in [6.07, 6.45) is 3.47. The molecule has 7 heteroatoms. The van der Waals surface area contributed by atoms with E-state index in [0.717, 1.165) is 16.6 Å². The smallest absolute Gasteiger partial charge is 0.252 e. The van der Waals surface area contributed by atoms with Gasteiger partial charge < -0.3 is 25.1 Å². The predicted molar refractivity (Wildman–Crippen MR) is 110 cm³/mol. The molecule has 0 spiro atoms. The molecule has 1 amide bonds. The lowest BCUT2D eigenvalue weighted by atomic mass is 10.1. The highest BCUT2D eigenvalue weighted by atomic mass is 16.5. The molecule has 0 aliphatic carbocycles. The van der Waals surface area contributed by atoms with Crippen LogP contribution in [0.4, 0.5) is 11.4 Å². The summed E-state index contributed by atoms with van der Waals surface area (Å²) in [6, 6.07) is 11.5. The Labute approximate surface area is 161 Å². The van der Waals surface area contributed by atoms with Crippen molar-refractivity contribution in [2.24, 2.45) is 12.8 Å².